The third-order valence-electron chi connectivity index (χ3n) is 3.12. The van der Waals surface area contributed by atoms with E-state index in [1.807, 2.05) is 0 Å². The van der Waals surface area contributed by atoms with Crippen LogP contribution in [0.3, 0.4) is 0 Å². The van der Waals surface area contributed by atoms with Crippen LogP contribution in [-0.4, -0.2) is 4.98 Å². The van der Waals surface area contributed by atoms with Crippen molar-refractivity contribution in [3.8, 4) is 11.3 Å². The van der Waals surface area contributed by atoms with Crippen molar-refractivity contribution >= 4 is 28.5 Å². The summed E-state index contributed by atoms with van der Waals surface area (Å²) in [6.45, 7) is 0. The van der Waals surface area contributed by atoms with Crippen LogP contribution >= 0.6 is 11.9 Å². The van der Waals surface area contributed by atoms with Crippen LogP contribution in [0.2, 0.25) is 0 Å². The Morgan fingerprint density at radius 1 is 0.882 bits per heavy atom. The van der Waals surface area contributed by atoms with E-state index in [0.717, 1.165) is 0 Å². The Bertz CT molecular complexity index is 715. The highest BCUT2D eigenvalue weighted by Crippen LogP contribution is 2.44. The van der Waals surface area contributed by atoms with Gasteiger partial charge in [-0.1, -0.05) is 36.4 Å². The monoisotopic (exact) mass is 238 g/mol. The minimum atomic E-state index is 1.18. The number of nitrogens with one attached hydrogen (secondary N) is 2. The van der Waals surface area contributed by atoms with E-state index < -0.39 is 0 Å². The fourth-order valence-electron chi connectivity index (χ4n) is 2.31. The molecule has 0 saturated heterocycles. The molecule has 0 saturated carbocycles. The summed E-state index contributed by atoms with van der Waals surface area (Å²) in [5.41, 5.74) is 4.85. The first kappa shape index (κ1) is 9.19. The van der Waals surface area contributed by atoms with Crippen molar-refractivity contribution in [3.63, 3.8) is 0 Å². The fraction of sp³-hybridized carbons (Fsp3) is 0. The average Bonchev–Trinajstić information content (AvgIpc) is 2.78. The van der Waals surface area contributed by atoms with Gasteiger partial charge in [-0.15, -0.1) is 0 Å². The molecule has 0 radical (unpaired) electrons. The second kappa shape index (κ2) is 3.31. The fourth-order valence-corrected chi connectivity index (χ4v) is 3.25. The van der Waals surface area contributed by atoms with E-state index in [2.05, 4.69) is 58.2 Å². The van der Waals surface area contributed by atoms with E-state index in [1.54, 1.807) is 11.9 Å². The molecule has 2 aromatic carbocycles. The van der Waals surface area contributed by atoms with Crippen molar-refractivity contribution in [2.75, 3.05) is 4.72 Å². The summed E-state index contributed by atoms with van der Waals surface area (Å²) in [7, 11) is 0. The molecule has 1 aliphatic heterocycles. The highest BCUT2D eigenvalue weighted by molar-refractivity contribution is 8.01. The summed E-state index contributed by atoms with van der Waals surface area (Å²) in [5, 5.41) is 1.29. The van der Waals surface area contributed by atoms with Crippen molar-refractivity contribution in [3.05, 3.63) is 48.5 Å². The van der Waals surface area contributed by atoms with Crippen LogP contribution in [0.5, 0.6) is 0 Å². The largest absolute Gasteiger partial charge is 0.353 e. The topological polar surface area (TPSA) is 27.8 Å². The van der Waals surface area contributed by atoms with Crippen LogP contribution in [0.25, 0.3) is 22.2 Å². The first-order valence-corrected chi connectivity index (χ1v) is 6.38. The molecular formula is C14H10N2S. The van der Waals surface area contributed by atoms with Gasteiger partial charge in [0, 0.05) is 16.5 Å². The first-order chi connectivity index (χ1) is 8.43. The number of anilines is 1. The molecule has 3 heteroatoms. The smallest absolute Gasteiger partial charge is 0.0642 e. The summed E-state index contributed by atoms with van der Waals surface area (Å²) in [6, 6.07) is 16.8. The van der Waals surface area contributed by atoms with Crippen LogP contribution in [0.15, 0.2) is 53.4 Å². The molecule has 0 fully saturated rings. The average molecular weight is 238 g/mol. The van der Waals surface area contributed by atoms with Crippen LogP contribution in [0, 0.1) is 0 Å². The number of fused-ring (bicyclic) bond motifs is 5. The molecule has 2 heterocycles. The van der Waals surface area contributed by atoms with Crippen molar-refractivity contribution in [1.82, 2.24) is 4.98 Å². The van der Waals surface area contributed by atoms with Crippen molar-refractivity contribution in [2.45, 2.75) is 4.90 Å². The summed E-state index contributed by atoms with van der Waals surface area (Å²) < 4.78 is 3.39. The maximum atomic E-state index is 3.51. The van der Waals surface area contributed by atoms with Gasteiger partial charge in [-0.2, -0.15) is 0 Å². The molecule has 1 aromatic heterocycles. The van der Waals surface area contributed by atoms with Crippen molar-refractivity contribution in [2.24, 2.45) is 0 Å². The molecule has 4 rings (SSSR count). The molecule has 2 N–H and O–H groups in total. The summed E-state index contributed by atoms with van der Waals surface area (Å²) in [5.74, 6) is 0. The van der Waals surface area contributed by atoms with Gasteiger partial charge in [-0.3, -0.25) is 0 Å². The molecule has 0 bridgehead atoms. The molecule has 82 valence electrons. The SMILES string of the molecule is c1ccc2c(c1)NSc1c-2[nH]c2ccccc12. The zero-order valence-corrected chi connectivity index (χ0v) is 9.84. The van der Waals surface area contributed by atoms with Gasteiger partial charge in [0.1, 0.15) is 0 Å². The minimum absolute atomic E-state index is 1.18. The van der Waals surface area contributed by atoms with Crippen molar-refractivity contribution in [1.29, 1.82) is 0 Å². The summed E-state index contributed by atoms with van der Waals surface area (Å²) in [6.07, 6.45) is 0. The number of H-pyrrole nitrogens is 1. The van der Waals surface area contributed by atoms with E-state index in [-0.39, 0.29) is 0 Å². The van der Waals surface area contributed by atoms with Crippen LogP contribution in [0.4, 0.5) is 5.69 Å². The Morgan fingerprint density at radius 3 is 2.71 bits per heavy atom. The van der Waals surface area contributed by atoms with Gasteiger partial charge in [0.2, 0.25) is 0 Å². The number of benzene rings is 2. The molecule has 0 spiro atoms. The Kier molecular flexibility index (Phi) is 1.79. The lowest BCUT2D eigenvalue weighted by atomic mass is 10.1. The summed E-state index contributed by atoms with van der Waals surface area (Å²) in [4.78, 5) is 4.80. The second-order valence-corrected chi connectivity index (χ2v) is 4.94. The van der Waals surface area contributed by atoms with Crippen LogP contribution in [-0.2, 0) is 0 Å². The standard InChI is InChI=1S/C14H10N2S/c1-4-8-12-9(5-1)13-14(17-16-12)10-6-2-3-7-11(10)15-13/h1-8,15-16H. The number of aromatic nitrogens is 1. The van der Waals surface area contributed by atoms with Crippen molar-refractivity contribution < 1.29 is 0 Å². The molecule has 0 atom stereocenters. The van der Waals surface area contributed by atoms with Gasteiger partial charge in [0.25, 0.3) is 0 Å². The minimum Gasteiger partial charge on any atom is -0.353 e. The van der Waals surface area contributed by atoms with Gasteiger partial charge in [0.05, 0.1) is 16.3 Å². The molecule has 0 unspecified atom stereocenters. The Labute approximate surface area is 103 Å². The highest BCUT2D eigenvalue weighted by atomic mass is 32.2. The molecule has 0 amide bonds. The number of aromatic amines is 1. The Balaban J connectivity index is 2.10. The normalized spacial score (nSPS) is 12.9. The number of para-hydroxylation sites is 2. The van der Waals surface area contributed by atoms with E-state index >= 15 is 0 Å². The third kappa shape index (κ3) is 1.23. The van der Waals surface area contributed by atoms with E-state index in [4.69, 9.17) is 0 Å². The van der Waals surface area contributed by atoms with Gasteiger partial charge in [0.15, 0.2) is 0 Å². The van der Waals surface area contributed by atoms with Gasteiger partial charge in [-0.05, 0) is 24.1 Å². The Hall–Kier alpha value is -1.87. The summed E-state index contributed by atoms with van der Waals surface area (Å²) >= 11 is 1.69. The first-order valence-electron chi connectivity index (χ1n) is 5.56. The van der Waals surface area contributed by atoms with Gasteiger partial charge in [-0.25, -0.2) is 0 Å². The van der Waals surface area contributed by atoms with Gasteiger partial charge >= 0.3 is 0 Å². The molecular weight excluding hydrogens is 228 g/mol. The third-order valence-corrected chi connectivity index (χ3v) is 4.07. The quantitative estimate of drug-likeness (QED) is 0.572. The zero-order chi connectivity index (χ0) is 11.2. The molecule has 2 nitrogen and oxygen atoms in total. The maximum Gasteiger partial charge on any atom is 0.0642 e. The number of hydrogen-bond donors (Lipinski definition) is 2. The maximum absolute atomic E-state index is 3.51. The van der Waals surface area contributed by atoms with E-state index in [0.29, 0.717) is 0 Å². The van der Waals surface area contributed by atoms with E-state index in [9.17, 15) is 0 Å². The predicted molar refractivity (Wildman–Crippen MR) is 73.2 cm³/mol. The molecule has 3 aromatic rings. The zero-order valence-electron chi connectivity index (χ0n) is 9.03. The second-order valence-electron chi connectivity index (χ2n) is 4.12. The van der Waals surface area contributed by atoms with Crippen LogP contribution in [0.1, 0.15) is 0 Å². The van der Waals surface area contributed by atoms with Gasteiger partial charge < -0.3 is 9.71 Å². The Morgan fingerprint density at radius 2 is 1.71 bits per heavy atom. The lowest BCUT2D eigenvalue weighted by molar-refractivity contribution is 1.38. The lowest BCUT2D eigenvalue weighted by Gasteiger charge is -2.17. The molecule has 1 aliphatic rings. The van der Waals surface area contributed by atoms with E-state index in [1.165, 1.54) is 32.7 Å². The predicted octanol–water partition coefficient (Wildman–Crippen LogP) is 4.27. The lowest BCUT2D eigenvalue weighted by Crippen LogP contribution is -1.96. The number of rotatable bonds is 0. The molecule has 17 heavy (non-hydrogen) atoms. The molecule has 0 aliphatic carbocycles. The number of hydrogen-bond acceptors (Lipinski definition) is 2. The van der Waals surface area contributed by atoms with Crippen LogP contribution < -0.4 is 4.72 Å². The highest BCUT2D eigenvalue weighted by Gasteiger charge is 2.20.